The van der Waals surface area contributed by atoms with Crippen LogP contribution in [0.25, 0.3) is 0 Å². The summed E-state index contributed by atoms with van der Waals surface area (Å²) in [7, 11) is 3.18. The molecule has 0 radical (unpaired) electrons. The van der Waals surface area contributed by atoms with Crippen molar-refractivity contribution in [1.82, 2.24) is 9.47 Å². The van der Waals surface area contributed by atoms with Crippen LogP contribution in [-0.2, 0) is 23.1 Å². The topological polar surface area (TPSA) is 51.5 Å². The van der Waals surface area contributed by atoms with Crippen molar-refractivity contribution in [3.63, 3.8) is 0 Å². The Balaban J connectivity index is 3.11. The molecular weight excluding hydrogens is 304 g/mol. The van der Waals surface area contributed by atoms with Gasteiger partial charge in [0.15, 0.2) is 0 Å². The van der Waals surface area contributed by atoms with Gasteiger partial charge in [-0.3, -0.25) is 4.79 Å². The van der Waals surface area contributed by atoms with Gasteiger partial charge in [-0.25, -0.2) is 4.79 Å². The van der Waals surface area contributed by atoms with Crippen molar-refractivity contribution in [3.8, 4) is 12.3 Å². The van der Waals surface area contributed by atoms with Gasteiger partial charge in [0.1, 0.15) is 5.88 Å². The number of alkyl halides is 1. The third kappa shape index (κ3) is 3.83. The van der Waals surface area contributed by atoms with Gasteiger partial charge in [0, 0.05) is 30.9 Å². The number of aromatic nitrogens is 1. The zero-order valence-electron chi connectivity index (χ0n) is 13.4. The molecule has 0 N–H and O–H groups in total. The van der Waals surface area contributed by atoms with Crippen molar-refractivity contribution in [3.05, 3.63) is 23.0 Å². The average molecular weight is 325 g/mol. The molecule has 0 saturated heterocycles. The third-order valence-corrected chi connectivity index (χ3v) is 3.98. The van der Waals surface area contributed by atoms with E-state index in [0.29, 0.717) is 18.5 Å². The van der Waals surface area contributed by atoms with Crippen LogP contribution in [-0.4, -0.2) is 40.4 Å². The standard InChI is InChI=1S/C16H21ClN2O3/c1-6-7-11(2)19(15(20)9-17)10-13-8-14(16(21)22-5)12(3)18(13)4/h1,8,11H,7,9-10H2,2-5H3. The van der Waals surface area contributed by atoms with Gasteiger partial charge in [-0.15, -0.1) is 23.9 Å². The van der Waals surface area contributed by atoms with Gasteiger partial charge in [-0.1, -0.05) is 0 Å². The van der Waals surface area contributed by atoms with Crippen LogP contribution in [0.3, 0.4) is 0 Å². The summed E-state index contributed by atoms with van der Waals surface area (Å²) < 4.78 is 6.63. The molecule has 1 aromatic heterocycles. The van der Waals surface area contributed by atoms with Gasteiger partial charge < -0.3 is 14.2 Å². The van der Waals surface area contributed by atoms with Crippen molar-refractivity contribution >= 4 is 23.5 Å². The normalized spacial score (nSPS) is 11.6. The summed E-state index contributed by atoms with van der Waals surface area (Å²) in [5, 5.41) is 0. The highest BCUT2D eigenvalue weighted by Gasteiger charge is 2.23. The highest BCUT2D eigenvalue weighted by molar-refractivity contribution is 6.27. The van der Waals surface area contributed by atoms with Crippen molar-refractivity contribution in [2.24, 2.45) is 7.05 Å². The number of halogens is 1. The monoisotopic (exact) mass is 324 g/mol. The lowest BCUT2D eigenvalue weighted by Gasteiger charge is -2.28. The largest absolute Gasteiger partial charge is 0.465 e. The first kappa shape index (κ1) is 18.1. The highest BCUT2D eigenvalue weighted by Crippen LogP contribution is 2.19. The second kappa shape index (κ2) is 7.90. The summed E-state index contributed by atoms with van der Waals surface area (Å²) in [5.41, 5.74) is 2.09. The number of carbonyl (C=O) groups is 2. The maximum atomic E-state index is 12.1. The van der Waals surface area contributed by atoms with Crippen molar-refractivity contribution < 1.29 is 14.3 Å². The van der Waals surface area contributed by atoms with Crippen molar-refractivity contribution in [1.29, 1.82) is 0 Å². The molecule has 0 spiro atoms. The molecule has 0 aliphatic carbocycles. The van der Waals surface area contributed by atoms with E-state index in [4.69, 9.17) is 22.8 Å². The Morgan fingerprint density at radius 3 is 2.68 bits per heavy atom. The van der Waals surface area contributed by atoms with Gasteiger partial charge in [-0.2, -0.15) is 0 Å². The molecule has 120 valence electrons. The summed E-state index contributed by atoms with van der Waals surface area (Å²) in [6, 6.07) is 1.60. The lowest BCUT2D eigenvalue weighted by Crippen LogP contribution is -2.39. The number of rotatable bonds is 6. The van der Waals surface area contributed by atoms with Crippen LogP contribution < -0.4 is 0 Å². The maximum absolute atomic E-state index is 12.1. The number of hydrogen-bond donors (Lipinski definition) is 0. The van der Waals surface area contributed by atoms with Crippen molar-refractivity contribution in [2.45, 2.75) is 32.9 Å². The number of esters is 1. The lowest BCUT2D eigenvalue weighted by atomic mass is 10.2. The summed E-state index contributed by atoms with van der Waals surface area (Å²) in [6.45, 7) is 4.04. The van der Waals surface area contributed by atoms with Gasteiger partial charge in [0.25, 0.3) is 0 Å². The van der Waals surface area contributed by atoms with E-state index in [1.165, 1.54) is 7.11 Å². The van der Waals surface area contributed by atoms with Crippen LogP contribution in [0.4, 0.5) is 0 Å². The van der Waals surface area contributed by atoms with E-state index in [2.05, 4.69) is 5.92 Å². The molecule has 0 aliphatic rings. The smallest absolute Gasteiger partial charge is 0.339 e. The highest BCUT2D eigenvalue weighted by atomic mass is 35.5. The second-order valence-electron chi connectivity index (χ2n) is 5.10. The number of hydrogen-bond acceptors (Lipinski definition) is 3. The molecule has 0 bridgehead atoms. The lowest BCUT2D eigenvalue weighted by molar-refractivity contribution is -0.131. The predicted octanol–water partition coefficient (Wildman–Crippen LogP) is 2.10. The SMILES string of the molecule is C#CCC(C)N(Cc1cc(C(=O)OC)c(C)n1C)C(=O)CCl. The minimum Gasteiger partial charge on any atom is -0.465 e. The van der Waals surface area contributed by atoms with Gasteiger partial charge in [0.2, 0.25) is 5.91 Å². The molecule has 0 fully saturated rings. The quantitative estimate of drug-likeness (QED) is 0.457. The van der Waals surface area contributed by atoms with Crippen LogP contribution in [0.2, 0.25) is 0 Å². The molecule has 1 rings (SSSR count). The molecule has 22 heavy (non-hydrogen) atoms. The Morgan fingerprint density at radius 2 is 2.18 bits per heavy atom. The van der Waals surface area contributed by atoms with Gasteiger partial charge in [-0.05, 0) is 19.9 Å². The van der Waals surface area contributed by atoms with E-state index >= 15 is 0 Å². The predicted molar refractivity (Wildman–Crippen MR) is 85.7 cm³/mol. The zero-order chi connectivity index (χ0) is 16.9. The first-order valence-corrected chi connectivity index (χ1v) is 7.43. The van der Waals surface area contributed by atoms with Crippen LogP contribution >= 0.6 is 11.6 Å². The second-order valence-corrected chi connectivity index (χ2v) is 5.37. The van der Waals surface area contributed by atoms with E-state index in [1.54, 1.807) is 11.0 Å². The molecule has 1 atom stereocenters. The Labute approximate surface area is 136 Å². The molecule has 0 aliphatic heterocycles. The third-order valence-electron chi connectivity index (χ3n) is 3.75. The number of nitrogens with zero attached hydrogens (tertiary/aromatic N) is 2. The molecule has 1 unspecified atom stereocenters. The van der Waals surface area contributed by atoms with E-state index in [-0.39, 0.29) is 17.8 Å². The van der Waals surface area contributed by atoms with Crippen LogP contribution in [0.15, 0.2) is 6.07 Å². The molecule has 1 aromatic rings. The maximum Gasteiger partial charge on any atom is 0.339 e. The van der Waals surface area contributed by atoms with E-state index in [9.17, 15) is 9.59 Å². The Kier molecular flexibility index (Phi) is 6.51. The Morgan fingerprint density at radius 1 is 1.55 bits per heavy atom. The first-order valence-electron chi connectivity index (χ1n) is 6.89. The molecule has 1 heterocycles. The van der Waals surface area contributed by atoms with E-state index in [0.717, 1.165) is 11.4 Å². The molecular formula is C16H21ClN2O3. The fraction of sp³-hybridized carbons (Fsp3) is 0.500. The van der Waals surface area contributed by atoms with Crippen LogP contribution in [0.5, 0.6) is 0 Å². The molecule has 0 aromatic carbocycles. The van der Waals surface area contributed by atoms with Gasteiger partial charge in [0.05, 0.1) is 19.2 Å². The van der Waals surface area contributed by atoms with Gasteiger partial charge >= 0.3 is 5.97 Å². The number of amides is 1. The number of carbonyl (C=O) groups excluding carboxylic acids is 2. The summed E-state index contributed by atoms with van der Waals surface area (Å²) in [6.07, 6.45) is 5.77. The van der Waals surface area contributed by atoms with Crippen molar-refractivity contribution in [2.75, 3.05) is 13.0 Å². The Hall–Kier alpha value is -1.93. The molecule has 5 nitrogen and oxygen atoms in total. The first-order chi connectivity index (χ1) is 10.4. The zero-order valence-corrected chi connectivity index (χ0v) is 14.1. The van der Waals surface area contributed by atoms with E-state index in [1.807, 2.05) is 25.5 Å². The number of methoxy groups -OCH3 is 1. The average Bonchev–Trinajstić information content (AvgIpc) is 2.79. The minimum absolute atomic E-state index is 0.109. The summed E-state index contributed by atoms with van der Waals surface area (Å²) in [4.78, 5) is 25.4. The molecule has 0 saturated carbocycles. The molecule has 6 heteroatoms. The number of terminal acetylenes is 1. The minimum atomic E-state index is -0.397. The number of ether oxygens (including phenoxy) is 1. The fourth-order valence-corrected chi connectivity index (χ4v) is 2.41. The summed E-state index contributed by atoms with van der Waals surface area (Å²) >= 11 is 5.68. The Bertz CT molecular complexity index is 601. The van der Waals surface area contributed by atoms with E-state index < -0.39 is 5.97 Å². The molecule has 1 amide bonds. The van der Waals surface area contributed by atoms with Crippen LogP contribution in [0.1, 0.15) is 35.1 Å². The summed E-state index contributed by atoms with van der Waals surface area (Å²) in [5.74, 6) is 1.86. The van der Waals surface area contributed by atoms with Crippen LogP contribution in [0, 0.1) is 19.3 Å². The fourth-order valence-electron chi connectivity index (χ4n) is 2.25.